The van der Waals surface area contributed by atoms with E-state index in [4.69, 9.17) is 5.73 Å². The van der Waals surface area contributed by atoms with Crippen molar-refractivity contribution in [2.75, 3.05) is 13.1 Å². The number of nitrogens with one attached hydrogen (secondary N) is 7. The summed E-state index contributed by atoms with van der Waals surface area (Å²) in [5.74, 6) is -8.82. The van der Waals surface area contributed by atoms with Crippen molar-refractivity contribution >= 4 is 53.3 Å². The van der Waals surface area contributed by atoms with E-state index in [0.29, 0.717) is 12.0 Å². The molecular weight excluding hydrogens is 768 g/mol. The Balaban J connectivity index is 3.15. The Kier molecular flexibility index (Phi) is 22.4. The molecule has 0 aliphatic heterocycles. The molecule has 19 heteroatoms. The van der Waals surface area contributed by atoms with E-state index in [1.807, 2.05) is 27.7 Å². The summed E-state index contributed by atoms with van der Waals surface area (Å²) in [5.41, 5.74) is 6.61. The van der Waals surface area contributed by atoms with Crippen LogP contribution >= 0.6 is 0 Å². The van der Waals surface area contributed by atoms with Crippen molar-refractivity contribution < 1.29 is 53.4 Å². The number of amides is 7. The molecule has 0 fully saturated rings. The molecule has 0 aliphatic rings. The first-order valence-electron chi connectivity index (χ1n) is 19.8. The molecule has 330 valence electrons. The molecule has 19 nitrogen and oxygen atoms in total. The third-order valence-electron chi connectivity index (χ3n) is 8.78. The van der Waals surface area contributed by atoms with Gasteiger partial charge in [-0.05, 0) is 48.5 Å². The van der Waals surface area contributed by atoms with Gasteiger partial charge < -0.3 is 53.2 Å². The Hall–Kier alpha value is -5.59. The lowest BCUT2D eigenvalue weighted by Crippen LogP contribution is -2.58. The number of carbonyl (C=O) groups excluding carboxylic acids is 7. The molecule has 0 aliphatic carbocycles. The van der Waals surface area contributed by atoms with Gasteiger partial charge in [0.2, 0.25) is 41.4 Å². The van der Waals surface area contributed by atoms with Gasteiger partial charge in [0.1, 0.15) is 30.2 Å². The summed E-state index contributed by atoms with van der Waals surface area (Å²) in [4.78, 5) is 115. The Morgan fingerprint density at radius 3 is 1.46 bits per heavy atom. The van der Waals surface area contributed by atoms with E-state index < -0.39 is 115 Å². The van der Waals surface area contributed by atoms with E-state index in [1.165, 1.54) is 0 Å². The number of carbonyl (C=O) groups is 9. The highest BCUT2D eigenvalue weighted by Crippen LogP contribution is 2.11. The lowest BCUT2D eigenvalue weighted by Gasteiger charge is -2.26. The fourth-order valence-electron chi connectivity index (χ4n) is 5.85. The average molecular weight is 833 g/mol. The second-order valence-corrected chi connectivity index (χ2v) is 16.1. The highest BCUT2D eigenvalue weighted by atomic mass is 16.4. The van der Waals surface area contributed by atoms with Crippen molar-refractivity contribution in [1.29, 1.82) is 0 Å². The van der Waals surface area contributed by atoms with Crippen LogP contribution in [0.1, 0.15) is 86.6 Å². The molecule has 1 aromatic carbocycles. The number of benzene rings is 1. The average Bonchev–Trinajstić information content (AvgIpc) is 3.13. The highest BCUT2D eigenvalue weighted by Gasteiger charge is 2.32. The van der Waals surface area contributed by atoms with Crippen LogP contribution in [0, 0.1) is 23.7 Å². The normalized spacial score (nSPS) is 14.3. The predicted octanol–water partition coefficient (Wildman–Crippen LogP) is -0.434. The summed E-state index contributed by atoms with van der Waals surface area (Å²) in [6.07, 6.45) is -0.286. The maximum atomic E-state index is 13.8. The number of nitrogens with two attached hydrogens (primary N) is 1. The van der Waals surface area contributed by atoms with Gasteiger partial charge in [0.15, 0.2) is 0 Å². The standard InChI is InChI=1S/C40H64N8O11/c1-21(2)14-26(41)35(53)45-27(15-22(3)4)36(54)42-19-31(49)44-30(18-33(51)52)39(57)46-28(16-23(5)6)38(56)47-29(17-25-12-10-9-11-13-25)37(55)43-20-32(50)48-34(24(7)8)40(58)59/h9-13,21-24,26-30,34H,14-20,41H2,1-8H3,(H,42,54)(H,43,55)(H,44,49)(H,45,53)(H,46,57)(H,47,56)(H,48,50)(H,51,52)(H,58,59)/t26-,27-,28-,29-,30-,34-/m0/s1. The molecule has 0 saturated carbocycles. The molecule has 0 radical (unpaired) electrons. The van der Waals surface area contributed by atoms with Crippen molar-refractivity contribution in [2.45, 2.75) is 124 Å². The van der Waals surface area contributed by atoms with Gasteiger partial charge >= 0.3 is 11.9 Å². The van der Waals surface area contributed by atoms with Gasteiger partial charge in [-0.15, -0.1) is 0 Å². The molecule has 0 aromatic heterocycles. The van der Waals surface area contributed by atoms with E-state index >= 15 is 0 Å². The maximum Gasteiger partial charge on any atom is 0.326 e. The van der Waals surface area contributed by atoms with Gasteiger partial charge in [-0.2, -0.15) is 0 Å². The lowest BCUT2D eigenvalue weighted by molar-refractivity contribution is -0.143. The van der Waals surface area contributed by atoms with Gasteiger partial charge in [-0.3, -0.25) is 38.4 Å². The van der Waals surface area contributed by atoms with E-state index in [9.17, 15) is 53.4 Å². The fourth-order valence-corrected chi connectivity index (χ4v) is 5.85. The number of hydrogen-bond donors (Lipinski definition) is 10. The van der Waals surface area contributed by atoms with Gasteiger partial charge in [0, 0.05) is 6.42 Å². The Bertz CT molecular complexity index is 1600. The number of carboxylic acids is 2. The Morgan fingerprint density at radius 2 is 0.983 bits per heavy atom. The van der Waals surface area contributed by atoms with Gasteiger partial charge in [0.25, 0.3) is 0 Å². The monoisotopic (exact) mass is 832 g/mol. The van der Waals surface area contributed by atoms with Crippen LogP contribution in [0.3, 0.4) is 0 Å². The third-order valence-corrected chi connectivity index (χ3v) is 8.78. The van der Waals surface area contributed by atoms with Crippen LogP contribution in [-0.2, 0) is 49.6 Å². The summed E-state index contributed by atoms with van der Waals surface area (Å²) in [7, 11) is 0. The number of rotatable bonds is 26. The minimum absolute atomic E-state index is 0.0268. The molecule has 1 rings (SSSR count). The molecule has 0 saturated heterocycles. The van der Waals surface area contributed by atoms with Crippen LogP contribution < -0.4 is 43.0 Å². The number of carboxylic acid groups (broad SMARTS) is 2. The third kappa shape index (κ3) is 20.6. The van der Waals surface area contributed by atoms with Gasteiger partial charge in [-0.25, -0.2) is 4.79 Å². The van der Waals surface area contributed by atoms with Gasteiger partial charge in [-0.1, -0.05) is 85.7 Å². The second kappa shape index (κ2) is 25.7. The fraction of sp³-hybridized carbons (Fsp3) is 0.625. The number of hydrogen-bond acceptors (Lipinski definition) is 10. The zero-order chi connectivity index (χ0) is 45.0. The first-order chi connectivity index (χ1) is 27.5. The number of aliphatic carboxylic acids is 2. The predicted molar refractivity (Wildman–Crippen MR) is 217 cm³/mol. The van der Waals surface area contributed by atoms with Crippen molar-refractivity contribution in [2.24, 2.45) is 29.4 Å². The second-order valence-electron chi connectivity index (χ2n) is 16.1. The molecule has 0 spiro atoms. The smallest absolute Gasteiger partial charge is 0.326 e. The maximum absolute atomic E-state index is 13.8. The van der Waals surface area contributed by atoms with Crippen molar-refractivity contribution in [3.8, 4) is 0 Å². The quantitative estimate of drug-likeness (QED) is 0.0569. The summed E-state index contributed by atoms with van der Waals surface area (Å²) >= 11 is 0. The zero-order valence-corrected chi connectivity index (χ0v) is 35.3. The summed E-state index contributed by atoms with van der Waals surface area (Å²) in [6, 6.07) is 1.22. The van der Waals surface area contributed by atoms with Crippen LogP contribution in [0.5, 0.6) is 0 Å². The van der Waals surface area contributed by atoms with Crippen molar-refractivity contribution in [1.82, 2.24) is 37.2 Å². The van der Waals surface area contributed by atoms with Crippen LogP contribution in [-0.4, -0.2) is 113 Å². The molecular formula is C40H64N8O11. The van der Waals surface area contributed by atoms with Crippen molar-refractivity contribution in [3.05, 3.63) is 35.9 Å². The van der Waals surface area contributed by atoms with E-state index in [1.54, 1.807) is 58.0 Å². The van der Waals surface area contributed by atoms with Crippen LogP contribution in [0.15, 0.2) is 30.3 Å². The Morgan fingerprint density at radius 1 is 0.542 bits per heavy atom. The molecule has 6 atom stereocenters. The lowest BCUT2D eigenvalue weighted by atomic mass is 10.0. The largest absolute Gasteiger partial charge is 0.481 e. The van der Waals surface area contributed by atoms with Crippen molar-refractivity contribution in [3.63, 3.8) is 0 Å². The van der Waals surface area contributed by atoms with Crippen LogP contribution in [0.4, 0.5) is 0 Å². The molecule has 1 aromatic rings. The first-order valence-corrected chi connectivity index (χ1v) is 19.8. The minimum Gasteiger partial charge on any atom is -0.481 e. The molecule has 11 N–H and O–H groups in total. The topological polar surface area (TPSA) is 304 Å². The van der Waals surface area contributed by atoms with Crippen LogP contribution in [0.25, 0.3) is 0 Å². The minimum atomic E-state index is -1.69. The molecule has 0 bridgehead atoms. The molecule has 7 amide bonds. The summed E-state index contributed by atoms with van der Waals surface area (Å²) < 4.78 is 0. The Labute approximate surface area is 345 Å². The molecule has 0 unspecified atom stereocenters. The van der Waals surface area contributed by atoms with E-state index in [-0.39, 0.29) is 37.0 Å². The van der Waals surface area contributed by atoms with E-state index in [0.717, 1.165) is 0 Å². The zero-order valence-electron chi connectivity index (χ0n) is 35.3. The SMILES string of the molecule is CC(C)C[C@H](NC(=O)[C@H](CC(=O)O)NC(=O)CNC(=O)[C@H](CC(C)C)NC(=O)[C@@H](N)CC(C)C)C(=O)N[C@@H](Cc1ccccc1)C(=O)NCC(=O)N[C@H](C(=O)O)C(C)C. The van der Waals surface area contributed by atoms with Gasteiger partial charge in [0.05, 0.1) is 25.6 Å². The molecule has 59 heavy (non-hydrogen) atoms. The highest BCUT2D eigenvalue weighted by molar-refractivity contribution is 5.97. The van der Waals surface area contributed by atoms with E-state index in [2.05, 4.69) is 37.2 Å². The first kappa shape index (κ1) is 51.4. The molecule has 0 heterocycles. The summed E-state index contributed by atoms with van der Waals surface area (Å²) in [5, 5.41) is 36.1. The summed E-state index contributed by atoms with van der Waals surface area (Å²) in [6.45, 7) is 12.9. The van der Waals surface area contributed by atoms with Crippen LogP contribution in [0.2, 0.25) is 0 Å².